The standard InChI is InChI=1S/C21H20FN5O3/c1-14(28)23-11-18-13-26(21(29)30-18)17-6-7-19(20(22)10-17)16-4-2-15(3-5-16)12-27-24-8-9-25-27/h2-10,18H,11-13H2,1H3,(H,23,28)/t18-/m0/s1. The van der Waals surface area contributed by atoms with Gasteiger partial charge in [-0.3, -0.25) is 9.69 Å². The fraction of sp³-hybridized carbons (Fsp3) is 0.238. The predicted molar refractivity (Wildman–Crippen MR) is 107 cm³/mol. The van der Waals surface area contributed by atoms with Crippen molar-refractivity contribution in [1.82, 2.24) is 20.3 Å². The van der Waals surface area contributed by atoms with Crippen molar-refractivity contribution < 1.29 is 18.7 Å². The number of halogens is 1. The Bertz CT molecular complexity index is 1050. The molecule has 9 heteroatoms. The van der Waals surface area contributed by atoms with E-state index < -0.39 is 18.0 Å². The lowest BCUT2D eigenvalue weighted by atomic mass is 10.0. The Kier molecular flexibility index (Phi) is 5.42. The summed E-state index contributed by atoms with van der Waals surface area (Å²) in [5, 5.41) is 10.7. The number of anilines is 1. The van der Waals surface area contributed by atoms with Crippen molar-refractivity contribution >= 4 is 17.7 Å². The largest absolute Gasteiger partial charge is 0.442 e. The molecule has 2 aromatic carbocycles. The topological polar surface area (TPSA) is 89.4 Å². The number of rotatable bonds is 6. The van der Waals surface area contributed by atoms with E-state index in [0.29, 0.717) is 17.8 Å². The van der Waals surface area contributed by atoms with E-state index in [1.807, 2.05) is 24.3 Å². The minimum Gasteiger partial charge on any atom is -0.442 e. The van der Waals surface area contributed by atoms with Crippen LogP contribution >= 0.6 is 0 Å². The maximum Gasteiger partial charge on any atom is 0.414 e. The van der Waals surface area contributed by atoms with Crippen molar-refractivity contribution in [3.63, 3.8) is 0 Å². The molecule has 0 aliphatic carbocycles. The van der Waals surface area contributed by atoms with Crippen LogP contribution in [0.4, 0.5) is 14.9 Å². The van der Waals surface area contributed by atoms with Crippen molar-refractivity contribution in [2.45, 2.75) is 19.6 Å². The quantitative estimate of drug-likeness (QED) is 0.676. The van der Waals surface area contributed by atoms with Crippen LogP contribution in [0, 0.1) is 5.82 Å². The van der Waals surface area contributed by atoms with Crippen LogP contribution in [0.1, 0.15) is 12.5 Å². The average molecular weight is 409 g/mol. The number of cyclic esters (lactones) is 1. The number of nitrogens with one attached hydrogen (secondary N) is 1. The van der Waals surface area contributed by atoms with Crippen molar-refractivity contribution in [3.05, 3.63) is 66.2 Å². The van der Waals surface area contributed by atoms with Crippen LogP contribution < -0.4 is 10.2 Å². The summed E-state index contributed by atoms with van der Waals surface area (Å²) >= 11 is 0. The van der Waals surface area contributed by atoms with E-state index in [4.69, 9.17) is 4.74 Å². The predicted octanol–water partition coefficient (Wildman–Crippen LogP) is 2.59. The molecule has 1 aromatic heterocycles. The molecule has 154 valence electrons. The summed E-state index contributed by atoms with van der Waals surface area (Å²) < 4.78 is 20.0. The number of hydrogen-bond acceptors (Lipinski definition) is 5. The zero-order valence-electron chi connectivity index (χ0n) is 16.3. The molecule has 0 bridgehead atoms. The Balaban J connectivity index is 1.47. The van der Waals surface area contributed by atoms with Gasteiger partial charge in [0, 0.05) is 12.5 Å². The van der Waals surface area contributed by atoms with Crippen molar-refractivity contribution in [3.8, 4) is 11.1 Å². The third-order valence-corrected chi connectivity index (χ3v) is 4.77. The van der Waals surface area contributed by atoms with Gasteiger partial charge in [-0.05, 0) is 29.3 Å². The highest BCUT2D eigenvalue weighted by Gasteiger charge is 2.32. The molecular formula is C21H20FN5O3. The van der Waals surface area contributed by atoms with E-state index in [-0.39, 0.29) is 19.0 Å². The Labute approximate surface area is 172 Å². The van der Waals surface area contributed by atoms with Crippen LogP contribution in [-0.2, 0) is 16.1 Å². The molecule has 2 amide bonds. The molecule has 0 spiro atoms. The number of carbonyl (C=O) groups excluding carboxylic acids is 2. The molecule has 1 N–H and O–H groups in total. The first-order chi connectivity index (χ1) is 14.5. The molecule has 0 radical (unpaired) electrons. The van der Waals surface area contributed by atoms with E-state index in [0.717, 1.165) is 11.1 Å². The monoisotopic (exact) mass is 409 g/mol. The van der Waals surface area contributed by atoms with Crippen LogP contribution in [0.25, 0.3) is 11.1 Å². The third kappa shape index (κ3) is 4.29. The smallest absolute Gasteiger partial charge is 0.414 e. The van der Waals surface area contributed by atoms with E-state index in [2.05, 4.69) is 15.5 Å². The maximum absolute atomic E-state index is 14.8. The average Bonchev–Trinajstić information content (AvgIpc) is 3.36. The van der Waals surface area contributed by atoms with Gasteiger partial charge in [-0.15, -0.1) is 0 Å². The molecular weight excluding hydrogens is 389 g/mol. The van der Waals surface area contributed by atoms with Gasteiger partial charge in [0.25, 0.3) is 0 Å². The van der Waals surface area contributed by atoms with Gasteiger partial charge in [-0.2, -0.15) is 15.0 Å². The van der Waals surface area contributed by atoms with Crippen LogP contribution in [0.15, 0.2) is 54.9 Å². The molecule has 1 aliphatic rings. The lowest BCUT2D eigenvalue weighted by molar-refractivity contribution is -0.119. The highest BCUT2D eigenvalue weighted by Crippen LogP contribution is 2.29. The molecule has 2 heterocycles. The Morgan fingerprint density at radius 2 is 1.93 bits per heavy atom. The fourth-order valence-corrected chi connectivity index (χ4v) is 3.28. The number of ether oxygens (including phenoxy) is 1. The van der Waals surface area contributed by atoms with Crippen LogP contribution in [0.3, 0.4) is 0 Å². The van der Waals surface area contributed by atoms with Crippen molar-refractivity contribution in [2.75, 3.05) is 18.0 Å². The number of hydrogen-bond donors (Lipinski definition) is 1. The van der Waals surface area contributed by atoms with Crippen LogP contribution in [0.2, 0.25) is 0 Å². The van der Waals surface area contributed by atoms with Gasteiger partial charge in [0.2, 0.25) is 5.91 Å². The number of carbonyl (C=O) groups is 2. The highest BCUT2D eigenvalue weighted by atomic mass is 19.1. The minimum absolute atomic E-state index is 0.202. The molecule has 0 unspecified atom stereocenters. The van der Waals surface area contributed by atoms with Gasteiger partial charge in [0.15, 0.2) is 0 Å². The first-order valence-electron chi connectivity index (χ1n) is 9.45. The summed E-state index contributed by atoms with van der Waals surface area (Å²) in [6, 6.07) is 12.1. The fourth-order valence-electron chi connectivity index (χ4n) is 3.28. The molecule has 0 saturated carbocycles. The summed E-state index contributed by atoms with van der Waals surface area (Å²) in [5.74, 6) is -0.640. The van der Waals surface area contributed by atoms with Crippen LogP contribution in [0.5, 0.6) is 0 Å². The van der Waals surface area contributed by atoms with Gasteiger partial charge in [-0.1, -0.05) is 24.3 Å². The van der Waals surface area contributed by atoms with E-state index in [1.54, 1.807) is 29.3 Å². The Morgan fingerprint density at radius 3 is 2.60 bits per heavy atom. The summed E-state index contributed by atoms with van der Waals surface area (Å²) in [6.07, 6.45) is 2.20. The number of benzene rings is 2. The minimum atomic E-state index is -0.561. The van der Waals surface area contributed by atoms with Gasteiger partial charge in [-0.25, -0.2) is 9.18 Å². The highest BCUT2D eigenvalue weighted by molar-refractivity contribution is 5.90. The summed E-state index contributed by atoms with van der Waals surface area (Å²) in [5.41, 5.74) is 2.57. The first kappa shape index (κ1) is 19.6. The number of nitrogens with zero attached hydrogens (tertiary/aromatic N) is 4. The SMILES string of the molecule is CC(=O)NC[C@H]1CN(c2ccc(-c3ccc(Cn4nccn4)cc3)c(F)c2)C(=O)O1. The van der Waals surface area contributed by atoms with Crippen molar-refractivity contribution in [1.29, 1.82) is 0 Å². The summed E-state index contributed by atoms with van der Waals surface area (Å²) in [6.45, 7) is 2.39. The zero-order valence-corrected chi connectivity index (χ0v) is 16.3. The number of amides is 2. The van der Waals surface area contributed by atoms with E-state index >= 15 is 0 Å². The van der Waals surface area contributed by atoms with E-state index in [9.17, 15) is 14.0 Å². The second-order valence-electron chi connectivity index (χ2n) is 6.97. The van der Waals surface area contributed by atoms with Gasteiger partial charge in [0.1, 0.15) is 11.9 Å². The molecule has 4 rings (SSSR count). The summed E-state index contributed by atoms with van der Waals surface area (Å²) in [4.78, 5) is 26.1. The van der Waals surface area contributed by atoms with Crippen LogP contribution in [-0.4, -0.2) is 46.2 Å². The zero-order chi connectivity index (χ0) is 21.1. The Morgan fingerprint density at radius 1 is 1.20 bits per heavy atom. The molecule has 1 fully saturated rings. The van der Waals surface area contributed by atoms with Crippen molar-refractivity contribution in [2.24, 2.45) is 0 Å². The molecule has 1 saturated heterocycles. The Hall–Kier alpha value is -3.75. The van der Waals surface area contributed by atoms with Gasteiger partial charge >= 0.3 is 6.09 Å². The van der Waals surface area contributed by atoms with E-state index in [1.165, 1.54) is 17.9 Å². The molecule has 8 nitrogen and oxygen atoms in total. The maximum atomic E-state index is 14.8. The first-order valence-corrected chi connectivity index (χ1v) is 9.45. The normalized spacial score (nSPS) is 15.9. The molecule has 1 aliphatic heterocycles. The van der Waals surface area contributed by atoms with Gasteiger partial charge < -0.3 is 10.1 Å². The van der Waals surface area contributed by atoms with Gasteiger partial charge in [0.05, 0.1) is 37.7 Å². The lowest BCUT2D eigenvalue weighted by Crippen LogP contribution is -2.33. The second-order valence-corrected chi connectivity index (χ2v) is 6.97. The molecule has 1 atom stereocenters. The lowest BCUT2D eigenvalue weighted by Gasteiger charge is -2.14. The third-order valence-electron chi connectivity index (χ3n) is 4.77. The molecule has 30 heavy (non-hydrogen) atoms. The molecule has 3 aromatic rings. The summed E-state index contributed by atoms with van der Waals surface area (Å²) in [7, 11) is 0. The second kappa shape index (κ2) is 8.32. The number of aromatic nitrogens is 3.